The molecule has 0 saturated carbocycles. The summed E-state index contributed by atoms with van der Waals surface area (Å²) < 4.78 is 32.1. The van der Waals surface area contributed by atoms with Gasteiger partial charge in [-0.2, -0.15) is 5.10 Å². The highest BCUT2D eigenvalue weighted by atomic mass is 19.2. The molecule has 9 nitrogen and oxygen atoms in total. The maximum Gasteiger partial charge on any atom is 0.328 e. The van der Waals surface area contributed by atoms with Gasteiger partial charge in [0.2, 0.25) is 0 Å². The first kappa shape index (κ1) is 19.9. The summed E-state index contributed by atoms with van der Waals surface area (Å²) in [6.07, 6.45) is -1.24. The predicted octanol–water partition coefficient (Wildman–Crippen LogP) is 2.26. The van der Waals surface area contributed by atoms with Gasteiger partial charge in [0.05, 0.1) is 4.92 Å². The molecule has 0 aliphatic carbocycles. The van der Waals surface area contributed by atoms with Crippen molar-refractivity contribution < 1.29 is 28.0 Å². The maximum absolute atomic E-state index is 13.1. The van der Waals surface area contributed by atoms with Gasteiger partial charge in [-0.05, 0) is 32.9 Å². The standard InChI is InChI=1S/C16H16F2N4O5/c1-8-15(22(25)26)9(2)21(20-8)7-14(23)27-10(3)16(24)19-11-4-5-12(17)13(18)6-11/h4-6,10H,7H2,1-3H3,(H,19,24)/t10-/m1/s1. The molecule has 1 aromatic carbocycles. The molecule has 0 aliphatic heterocycles. The number of rotatable bonds is 6. The molecule has 27 heavy (non-hydrogen) atoms. The first-order valence-corrected chi connectivity index (χ1v) is 7.74. The minimum Gasteiger partial charge on any atom is -0.451 e. The first-order valence-electron chi connectivity index (χ1n) is 7.74. The molecule has 1 N–H and O–H groups in total. The van der Waals surface area contributed by atoms with E-state index in [0.717, 1.165) is 22.9 Å². The van der Waals surface area contributed by atoms with Gasteiger partial charge in [0, 0.05) is 11.8 Å². The fourth-order valence-corrected chi connectivity index (χ4v) is 2.33. The molecule has 0 saturated heterocycles. The minimum atomic E-state index is -1.24. The molecule has 1 heterocycles. The van der Waals surface area contributed by atoms with Crippen molar-refractivity contribution in [3.8, 4) is 0 Å². The molecule has 0 spiro atoms. The van der Waals surface area contributed by atoms with E-state index in [1.54, 1.807) is 0 Å². The molecule has 1 atom stereocenters. The number of benzene rings is 1. The van der Waals surface area contributed by atoms with Gasteiger partial charge < -0.3 is 10.1 Å². The predicted molar refractivity (Wildman–Crippen MR) is 88.9 cm³/mol. The highest BCUT2D eigenvalue weighted by molar-refractivity contribution is 5.95. The van der Waals surface area contributed by atoms with Crippen LogP contribution in [0, 0.1) is 35.6 Å². The van der Waals surface area contributed by atoms with Crippen LogP contribution in [0.4, 0.5) is 20.2 Å². The Labute approximate surface area is 152 Å². The van der Waals surface area contributed by atoms with Gasteiger partial charge in [0.1, 0.15) is 17.9 Å². The van der Waals surface area contributed by atoms with Crippen LogP contribution < -0.4 is 5.32 Å². The van der Waals surface area contributed by atoms with Crippen LogP contribution in [0.1, 0.15) is 18.3 Å². The molecule has 0 aliphatic rings. The molecule has 144 valence electrons. The molecule has 11 heteroatoms. The van der Waals surface area contributed by atoms with Crippen LogP contribution in [-0.4, -0.2) is 32.7 Å². The summed E-state index contributed by atoms with van der Waals surface area (Å²) in [6, 6.07) is 2.79. The number of ether oxygens (including phenoxy) is 1. The Morgan fingerprint density at radius 3 is 2.56 bits per heavy atom. The van der Waals surface area contributed by atoms with Crippen LogP contribution in [0.25, 0.3) is 0 Å². The fourth-order valence-electron chi connectivity index (χ4n) is 2.33. The van der Waals surface area contributed by atoms with Crippen LogP contribution in [0.3, 0.4) is 0 Å². The minimum absolute atomic E-state index is 0.00373. The van der Waals surface area contributed by atoms with Gasteiger partial charge in [-0.15, -0.1) is 0 Å². The van der Waals surface area contributed by atoms with E-state index in [4.69, 9.17) is 4.74 Å². The molecule has 2 aromatic rings. The average molecular weight is 382 g/mol. The topological polar surface area (TPSA) is 116 Å². The normalized spacial score (nSPS) is 11.7. The molecule has 0 radical (unpaired) electrons. The number of anilines is 1. The van der Waals surface area contributed by atoms with E-state index in [1.807, 2.05) is 0 Å². The maximum atomic E-state index is 13.1. The number of carbonyl (C=O) groups is 2. The summed E-state index contributed by atoms with van der Waals surface area (Å²) in [5, 5.41) is 17.1. The monoisotopic (exact) mass is 382 g/mol. The van der Waals surface area contributed by atoms with Gasteiger partial charge in [0.15, 0.2) is 17.7 Å². The van der Waals surface area contributed by atoms with E-state index in [-0.39, 0.29) is 22.8 Å². The van der Waals surface area contributed by atoms with Crippen molar-refractivity contribution in [3.05, 3.63) is 51.3 Å². The second-order valence-corrected chi connectivity index (χ2v) is 5.68. The van der Waals surface area contributed by atoms with Crippen molar-refractivity contribution in [2.75, 3.05) is 5.32 Å². The molecule has 0 unspecified atom stereocenters. The van der Waals surface area contributed by atoms with Gasteiger partial charge in [-0.25, -0.2) is 8.78 Å². The van der Waals surface area contributed by atoms with Crippen molar-refractivity contribution in [1.29, 1.82) is 0 Å². The second kappa shape index (κ2) is 7.89. The number of hydrogen-bond acceptors (Lipinski definition) is 6. The highest BCUT2D eigenvalue weighted by Crippen LogP contribution is 2.21. The van der Waals surface area contributed by atoms with Crippen molar-refractivity contribution in [2.45, 2.75) is 33.4 Å². The number of aromatic nitrogens is 2. The Morgan fingerprint density at radius 2 is 2.00 bits per heavy atom. The summed E-state index contributed by atoms with van der Waals surface area (Å²) in [5.74, 6) is -3.80. The van der Waals surface area contributed by atoms with Crippen LogP contribution >= 0.6 is 0 Å². The van der Waals surface area contributed by atoms with E-state index in [2.05, 4.69) is 10.4 Å². The van der Waals surface area contributed by atoms with Crippen LogP contribution in [-0.2, 0) is 20.9 Å². The zero-order valence-corrected chi connectivity index (χ0v) is 14.7. The van der Waals surface area contributed by atoms with Gasteiger partial charge in [0.25, 0.3) is 5.91 Å². The van der Waals surface area contributed by atoms with E-state index >= 15 is 0 Å². The number of nitrogens with one attached hydrogen (secondary N) is 1. The third kappa shape index (κ3) is 4.63. The Kier molecular flexibility index (Phi) is 5.83. The molecule has 1 amide bonds. The summed E-state index contributed by atoms with van der Waals surface area (Å²) in [6.45, 7) is 3.73. The summed E-state index contributed by atoms with van der Waals surface area (Å²) in [7, 11) is 0. The average Bonchev–Trinajstić information content (AvgIpc) is 2.84. The summed E-state index contributed by atoms with van der Waals surface area (Å²) in [4.78, 5) is 34.3. The number of halogens is 2. The van der Waals surface area contributed by atoms with Crippen LogP contribution in [0.2, 0.25) is 0 Å². The summed E-state index contributed by atoms with van der Waals surface area (Å²) in [5.41, 5.74) is 0.116. The lowest BCUT2D eigenvalue weighted by molar-refractivity contribution is -0.386. The zero-order chi connectivity index (χ0) is 20.3. The number of nitro groups is 1. The molecule has 1 aromatic heterocycles. The van der Waals surface area contributed by atoms with Crippen LogP contribution in [0.15, 0.2) is 18.2 Å². The Hall–Kier alpha value is -3.37. The molecule has 2 rings (SSSR count). The molecule has 0 bridgehead atoms. The third-order valence-corrected chi connectivity index (χ3v) is 3.67. The number of aryl methyl sites for hydroxylation is 1. The lowest BCUT2D eigenvalue weighted by atomic mass is 10.3. The van der Waals surface area contributed by atoms with Crippen molar-refractivity contribution in [2.24, 2.45) is 0 Å². The number of carbonyl (C=O) groups excluding carboxylic acids is 2. The van der Waals surface area contributed by atoms with Crippen molar-refractivity contribution >= 4 is 23.3 Å². The van der Waals surface area contributed by atoms with E-state index < -0.39 is 41.1 Å². The highest BCUT2D eigenvalue weighted by Gasteiger charge is 2.24. The lowest BCUT2D eigenvalue weighted by Crippen LogP contribution is -2.31. The number of hydrogen-bond donors (Lipinski definition) is 1. The molecular formula is C16H16F2N4O5. The number of amides is 1. The quantitative estimate of drug-likeness (QED) is 0.465. The van der Waals surface area contributed by atoms with Crippen molar-refractivity contribution in [1.82, 2.24) is 9.78 Å². The number of esters is 1. The second-order valence-electron chi connectivity index (χ2n) is 5.68. The molecular weight excluding hydrogens is 366 g/mol. The smallest absolute Gasteiger partial charge is 0.328 e. The lowest BCUT2D eigenvalue weighted by Gasteiger charge is -2.14. The van der Waals surface area contributed by atoms with Gasteiger partial charge in [-0.1, -0.05) is 0 Å². The Balaban J connectivity index is 1.98. The Bertz CT molecular complexity index is 912. The van der Waals surface area contributed by atoms with Gasteiger partial charge >= 0.3 is 11.7 Å². The van der Waals surface area contributed by atoms with Crippen molar-refractivity contribution in [3.63, 3.8) is 0 Å². The van der Waals surface area contributed by atoms with Gasteiger partial charge in [-0.3, -0.25) is 24.4 Å². The van der Waals surface area contributed by atoms with E-state index in [9.17, 15) is 28.5 Å². The zero-order valence-electron chi connectivity index (χ0n) is 14.7. The fraction of sp³-hybridized carbons (Fsp3) is 0.312. The van der Waals surface area contributed by atoms with E-state index in [0.29, 0.717) is 0 Å². The Morgan fingerprint density at radius 1 is 1.33 bits per heavy atom. The van der Waals surface area contributed by atoms with E-state index in [1.165, 1.54) is 20.8 Å². The van der Waals surface area contributed by atoms with Crippen LogP contribution in [0.5, 0.6) is 0 Å². The number of nitrogens with zero attached hydrogens (tertiary/aromatic N) is 3. The first-order chi connectivity index (χ1) is 12.6. The SMILES string of the molecule is Cc1nn(CC(=O)O[C@H](C)C(=O)Nc2ccc(F)c(F)c2)c(C)c1[N+](=O)[O-]. The largest absolute Gasteiger partial charge is 0.451 e. The third-order valence-electron chi connectivity index (χ3n) is 3.67. The summed E-state index contributed by atoms with van der Waals surface area (Å²) >= 11 is 0. The molecule has 0 fully saturated rings.